The van der Waals surface area contributed by atoms with E-state index in [-0.39, 0.29) is 5.91 Å². The standard InChI is InChI=1S/C19H16ClN3O2/c1-13-22-17(20)11-18(23-13)25-16-9-5-8-15(10-16)19(24)21-12-14-6-3-2-4-7-14/h2-11H,12H2,1H3,(H,21,24). The molecule has 0 saturated carbocycles. The Bertz CT molecular complexity index is 865. The number of ether oxygens (including phenoxy) is 1. The van der Waals surface area contributed by atoms with E-state index < -0.39 is 0 Å². The molecule has 3 rings (SSSR count). The lowest BCUT2D eigenvalue weighted by Crippen LogP contribution is -2.22. The predicted octanol–water partition coefficient (Wildman–Crippen LogP) is 4.16. The van der Waals surface area contributed by atoms with E-state index in [1.807, 2.05) is 30.3 Å². The van der Waals surface area contributed by atoms with Crippen LogP contribution in [-0.2, 0) is 6.54 Å². The van der Waals surface area contributed by atoms with E-state index in [4.69, 9.17) is 16.3 Å². The average Bonchev–Trinajstić information content (AvgIpc) is 2.60. The maximum atomic E-state index is 12.3. The van der Waals surface area contributed by atoms with Gasteiger partial charge in [-0.05, 0) is 30.7 Å². The summed E-state index contributed by atoms with van der Waals surface area (Å²) in [4.78, 5) is 20.5. The molecular formula is C19H16ClN3O2. The number of carbonyl (C=O) groups is 1. The van der Waals surface area contributed by atoms with Crippen LogP contribution >= 0.6 is 11.6 Å². The lowest BCUT2D eigenvalue weighted by atomic mass is 10.2. The van der Waals surface area contributed by atoms with Crippen molar-refractivity contribution in [3.8, 4) is 11.6 Å². The smallest absolute Gasteiger partial charge is 0.251 e. The molecule has 5 nitrogen and oxygen atoms in total. The number of aromatic nitrogens is 2. The highest BCUT2D eigenvalue weighted by Gasteiger charge is 2.08. The third-order valence-electron chi connectivity index (χ3n) is 3.40. The summed E-state index contributed by atoms with van der Waals surface area (Å²) < 4.78 is 5.68. The molecule has 1 heterocycles. The molecule has 1 amide bonds. The highest BCUT2D eigenvalue weighted by molar-refractivity contribution is 6.29. The summed E-state index contributed by atoms with van der Waals surface area (Å²) in [6.45, 7) is 2.19. The lowest BCUT2D eigenvalue weighted by Gasteiger charge is -2.08. The number of hydrogen-bond acceptors (Lipinski definition) is 4. The third-order valence-corrected chi connectivity index (χ3v) is 3.59. The van der Waals surface area contributed by atoms with Gasteiger partial charge in [0.05, 0.1) is 0 Å². The molecule has 6 heteroatoms. The van der Waals surface area contributed by atoms with Crippen LogP contribution in [0.5, 0.6) is 11.6 Å². The van der Waals surface area contributed by atoms with Gasteiger partial charge in [-0.1, -0.05) is 48.0 Å². The fourth-order valence-electron chi connectivity index (χ4n) is 2.26. The molecule has 0 atom stereocenters. The molecule has 1 N–H and O–H groups in total. The Hall–Kier alpha value is -2.92. The molecule has 1 aromatic heterocycles. The Morgan fingerprint density at radius 2 is 1.88 bits per heavy atom. The van der Waals surface area contributed by atoms with E-state index in [0.717, 1.165) is 5.56 Å². The molecule has 0 aliphatic heterocycles. The third kappa shape index (κ3) is 4.78. The molecule has 0 aliphatic carbocycles. The van der Waals surface area contributed by atoms with E-state index in [1.165, 1.54) is 6.07 Å². The van der Waals surface area contributed by atoms with Gasteiger partial charge in [0.25, 0.3) is 5.91 Å². The fraction of sp³-hybridized carbons (Fsp3) is 0.105. The monoisotopic (exact) mass is 353 g/mol. The second kappa shape index (κ2) is 7.77. The van der Waals surface area contributed by atoms with Gasteiger partial charge in [0.15, 0.2) is 0 Å². The summed E-state index contributed by atoms with van der Waals surface area (Å²) in [7, 11) is 0. The van der Waals surface area contributed by atoms with E-state index >= 15 is 0 Å². The highest BCUT2D eigenvalue weighted by atomic mass is 35.5. The van der Waals surface area contributed by atoms with Gasteiger partial charge >= 0.3 is 0 Å². The van der Waals surface area contributed by atoms with Crippen molar-refractivity contribution >= 4 is 17.5 Å². The first-order valence-corrected chi connectivity index (χ1v) is 8.09. The summed E-state index contributed by atoms with van der Waals surface area (Å²) >= 11 is 5.90. The van der Waals surface area contributed by atoms with Crippen LogP contribution in [0.2, 0.25) is 5.15 Å². The Balaban J connectivity index is 1.69. The number of hydrogen-bond donors (Lipinski definition) is 1. The molecule has 126 valence electrons. The Morgan fingerprint density at radius 1 is 1.08 bits per heavy atom. The van der Waals surface area contributed by atoms with Gasteiger partial charge in [-0.25, -0.2) is 4.98 Å². The van der Waals surface area contributed by atoms with Gasteiger partial charge in [-0.3, -0.25) is 4.79 Å². The van der Waals surface area contributed by atoms with Crippen molar-refractivity contribution in [1.82, 2.24) is 15.3 Å². The normalized spacial score (nSPS) is 10.3. The summed E-state index contributed by atoms with van der Waals surface area (Å²) in [6.07, 6.45) is 0. The van der Waals surface area contributed by atoms with Gasteiger partial charge < -0.3 is 10.1 Å². The van der Waals surface area contributed by atoms with Crippen LogP contribution in [0.4, 0.5) is 0 Å². The molecular weight excluding hydrogens is 338 g/mol. The van der Waals surface area contributed by atoms with Crippen molar-refractivity contribution in [3.05, 3.63) is 82.8 Å². The molecule has 0 unspecified atom stereocenters. The van der Waals surface area contributed by atoms with Crippen LogP contribution in [0.3, 0.4) is 0 Å². The minimum absolute atomic E-state index is 0.175. The van der Waals surface area contributed by atoms with Gasteiger partial charge in [-0.2, -0.15) is 4.98 Å². The van der Waals surface area contributed by atoms with Crippen molar-refractivity contribution in [3.63, 3.8) is 0 Å². The first-order chi connectivity index (χ1) is 12.1. The van der Waals surface area contributed by atoms with Crippen molar-refractivity contribution in [1.29, 1.82) is 0 Å². The van der Waals surface area contributed by atoms with Crippen molar-refractivity contribution in [2.24, 2.45) is 0 Å². The van der Waals surface area contributed by atoms with Gasteiger partial charge in [0.1, 0.15) is 16.7 Å². The number of carbonyl (C=O) groups excluding carboxylic acids is 1. The van der Waals surface area contributed by atoms with Crippen molar-refractivity contribution in [2.45, 2.75) is 13.5 Å². The van der Waals surface area contributed by atoms with Gasteiger partial charge in [0.2, 0.25) is 5.88 Å². The molecule has 2 aromatic carbocycles. The first kappa shape index (κ1) is 16.9. The minimum atomic E-state index is -0.175. The number of halogens is 1. The lowest BCUT2D eigenvalue weighted by molar-refractivity contribution is 0.0950. The molecule has 0 radical (unpaired) electrons. The first-order valence-electron chi connectivity index (χ1n) is 7.71. The molecule has 0 saturated heterocycles. The zero-order chi connectivity index (χ0) is 17.6. The number of amides is 1. The fourth-order valence-corrected chi connectivity index (χ4v) is 2.48. The van der Waals surface area contributed by atoms with Crippen LogP contribution in [-0.4, -0.2) is 15.9 Å². The summed E-state index contributed by atoms with van der Waals surface area (Å²) in [5, 5.41) is 3.19. The number of nitrogens with zero attached hydrogens (tertiary/aromatic N) is 2. The predicted molar refractivity (Wildman–Crippen MR) is 95.9 cm³/mol. The molecule has 0 bridgehead atoms. The van der Waals surface area contributed by atoms with Crippen molar-refractivity contribution < 1.29 is 9.53 Å². The number of aryl methyl sites for hydroxylation is 1. The van der Waals surface area contributed by atoms with Crippen LogP contribution in [0.25, 0.3) is 0 Å². The summed E-state index contributed by atoms with van der Waals surface area (Å²) in [5.74, 6) is 1.17. The Morgan fingerprint density at radius 3 is 2.64 bits per heavy atom. The number of benzene rings is 2. The van der Waals surface area contributed by atoms with Gasteiger partial charge in [-0.15, -0.1) is 0 Å². The molecule has 25 heavy (non-hydrogen) atoms. The topological polar surface area (TPSA) is 64.1 Å². The summed E-state index contributed by atoms with van der Waals surface area (Å²) in [6, 6.07) is 18.1. The maximum Gasteiger partial charge on any atom is 0.251 e. The molecule has 0 spiro atoms. The SMILES string of the molecule is Cc1nc(Cl)cc(Oc2cccc(C(=O)NCc3ccccc3)c2)n1. The van der Waals surface area contributed by atoms with Crippen LogP contribution in [0.15, 0.2) is 60.7 Å². The van der Waals surface area contributed by atoms with E-state index in [0.29, 0.717) is 34.7 Å². The highest BCUT2D eigenvalue weighted by Crippen LogP contribution is 2.22. The zero-order valence-corrected chi connectivity index (χ0v) is 14.3. The Kier molecular flexibility index (Phi) is 5.26. The second-order valence-corrected chi connectivity index (χ2v) is 5.76. The quantitative estimate of drug-likeness (QED) is 0.699. The maximum absolute atomic E-state index is 12.3. The van der Waals surface area contributed by atoms with Crippen LogP contribution in [0, 0.1) is 6.92 Å². The van der Waals surface area contributed by atoms with Gasteiger partial charge in [0, 0.05) is 18.2 Å². The van der Waals surface area contributed by atoms with Crippen molar-refractivity contribution in [2.75, 3.05) is 0 Å². The second-order valence-electron chi connectivity index (χ2n) is 5.37. The summed E-state index contributed by atoms with van der Waals surface area (Å²) in [5.41, 5.74) is 1.54. The number of rotatable bonds is 5. The van der Waals surface area contributed by atoms with E-state index in [1.54, 1.807) is 31.2 Å². The Labute approximate surface area is 150 Å². The van der Waals surface area contributed by atoms with Crippen LogP contribution < -0.4 is 10.1 Å². The average molecular weight is 354 g/mol. The molecule has 3 aromatic rings. The van der Waals surface area contributed by atoms with E-state index in [2.05, 4.69) is 15.3 Å². The molecule has 0 aliphatic rings. The zero-order valence-electron chi connectivity index (χ0n) is 13.6. The minimum Gasteiger partial charge on any atom is -0.439 e. The van der Waals surface area contributed by atoms with E-state index in [9.17, 15) is 4.79 Å². The largest absolute Gasteiger partial charge is 0.439 e. The molecule has 0 fully saturated rings. The van der Waals surface area contributed by atoms with Crippen LogP contribution in [0.1, 0.15) is 21.7 Å². The number of nitrogens with one attached hydrogen (secondary N) is 1.